The van der Waals surface area contributed by atoms with E-state index in [4.69, 9.17) is 5.11 Å². The summed E-state index contributed by atoms with van der Waals surface area (Å²) in [6.45, 7) is 5.21. The first kappa shape index (κ1) is 15.8. The maximum Gasteiger partial charge on any atom is 0.317 e. The van der Waals surface area contributed by atoms with Gasteiger partial charge in [-0.15, -0.1) is 0 Å². The van der Waals surface area contributed by atoms with E-state index in [0.29, 0.717) is 25.4 Å². The summed E-state index contributed by atoms with van der Waals surface area (Å²) in [6.07, 6.45) is 5.69. The molecule has 0 radical (unpaired) electrons. The van der Waals surface area contributed by atoms with Crippen LogP contribution in [0.25, 0.3) is 0 Å². The minimum atomic E-state index is -0.770. The van der Waals surface area contributed by atoms with Gasteiger partial charge in [0.2, 0.25) is 0 Å². The highest BCUT2D eigenvalue weighted by molar-refractivity contribution is 5.74. The van der Waals surface area contributed by atoms with E-state index >= 15 is 0 Å². The van der Waals surface area contributed by atoms with Gasteiger partial charge in [-0.2, -0.15) is 0 Å². The van der Waals surface area contributed by atoms with E-state index in [2.05, 4.69) is 12.2 Å². The second-order valence-corrected chi connectivity index (χ2v) is 5.39. The molecular formula is C14H26N2O3. The van der Waals surface area contributed by atoms with E-state index in [1.54, 1.807) is 6.92 Å². The number of carboxylic acids is 1. The summed E-state index contributed by atoms with van der Waals surface area (Å²) in [5.74, 6) is -1.11. The summed E-state index contributed by atoms with van der Waals surface area (Å²) in [5.41, 5.74) is 0. The molecule has 0 aromatic heterocycles. The van der Waals surface area contributed by atoms with Gasteiger partial charge in [0.1, 0.15) is 0 Å². The first-order valence-electron chi connectivity index (χ1n) is 7.33. The highest BCUT2D eigenvalue weighted by Gasteiger charge is 2.31. The van der Waals surface area contributed by atoms with Crippen molar-refractivity contribution >= 4 is 12.0 Å². The highest BCUT2D eigenvalue weighted by atomic mass is 16.4. The van der Waals surface area contributed by atoms with Crippen LogP contribution in [0.4, 0.5) is 4.79 Å². The largest absolute Gasteiger partial charge is 0.481 e. The fourth-order valence-corrected chi connectivity index (χ4v) is 1.99. The van der Waals surface area contributed by atoms with Crippen molar-refractivity contribution in [1.82, 2.24) is 10.2 Å². The monoisotopic (exact) mass is 270 g/mol. The number of urea groups is 1. The zero-order valence-corrected chi connectivity index (χ0v) is 12.0. The number of hydrogen-bond donors (Lipinski definition) is 2. The number of unbranched alkanes of at least 4 members (excludes halogenated alkanes) is 1. The molecule has 1 unspecified atom stereocenters. The van der Waals surface area contributed by atoms with E-state index in [1.165, 1.54) is 0 Å². The van der Waals surface area contributed by atoms with E-state index < -0.39 is 5.97 Å². The number of amides is 2. The molecule has 2 amide bonds. The number of carboxylic acid groups (broad SMARTS) is 1. The van der Waals surface area contributed by atoms with Crippen LogP contribution in [0.15, 0.2) is 0 Å². The third kappa shape index (κ3) is 5.94. The van der Waals surface area contributed by atoms with Crippen LogP contribution in [0, 0.1) is 5.92 Å². The van der Waals surface area contributed by atoms with Crippen LogP contribution in [0.2, 0.25) is 0 Å². The van der Waals surface area contributed by atoms with Crippen molar-refractivity contribution in [3.8, 4) is 0 Å². The van der Waals surface area contributed by atoms with Crippen LogP contribution in [-0.2, 0) is 4.79 Å². The lowest BCUT2D eigenvalue weighted by Crippen LogP contribution is -2.42. The number of carbonyl (C=O) groups excluding carboxylic acids is 1. The quantitative estimate of drug-likeness (QED) is 0.632. The highest BCUT2D eigenvalue weighted by Crippen LogP contribution is 2.27. The third-order valence-corrected chi connectivity index (χ3v) is 3.51. The van der Waals surface area contributed by atoms with Crippen LogP contribution in [-0.4, -0.2) is 41.1 Å². The molecule has 0 saturated heterocycles. The fraction of sp³-hybridized carbons (Fsp3) is 0.857. The second-order valence-electron chi connectivity index (χ2n) is 5.39. The van der Waals surface area contributed by atoms with Crippen LogP contribution in [0.5, 0.6) is 0 Å². The summed E-state index contributed by atoms with van der Waals surface area (Å²) >= 11 is 0. The fourth-order valence-electron chi connectivity index (χ4n) is 1.99. The van der Waals surface area contributed by atoms with Gasteiger partial charge in [0.25, 0.3) is 0 Å². The summed E-state index contributed by atoms with van der Waals surface area (Å²) in [7, 11) is 0. The Bertz CT molecular complexity index is 303. The zero-order valence-electron chi connectivity index (χ0n) is 12.0. The number of nitrogens with one attached hydrogen (secondary N) is 1. The molecule has 5 nitrogen and oxygen atoms in total. The molecule has 1 saturated carbocycles. The van der Waals surface area contributed by atoms with E-state index in [0.717, 1.165) is 32.2 Å². The number of hydrogen-bond acceptors (Lipinski definition) is 2. The molecule has 1 fully saturated rings. The van der Waals surface area contributed by atoms with Gasteiger partial charge in [-0.3, -0.25) is 4.79 Å². The standard InChI is InChI=1S/C14H26N2O3/c1-3-4-10-16(12-7-8-12)14(19)15-9-5-6-11(2)13(17)18/h11-12H,3-10H2,1-2H3,(H,15,19)(H,17,18). The first-order valence-corrected chi connectivity index (χ1v) is 7.33. The predicted octanol–water partition coefficient (Wildman–Crippen LogP) is 2.46. The smallest absolute Gasteiger partial charge is 0.317 e. The SMILES string of the molecule is CCCCN(C(=O)NCCCC(C)C(=O)O)C1CC1. The molecule has 1 aliphatic rings. The molecular weight excluding hydrogens is 244 g/mol. The lowest BCUT2D eigenvalue weighted by Gasteiger charge is -2.22. The van der Waals surface area contributed by atoms with Gasteiger partial charge in [-0.05, 0) is 32.1 Å². The molecule has 110 valence electrons. The summed E-state index contributed by atoms with van der Waals surface area (Å²) < 4.78 is 0. The Morgan fingerprint density at radius 3 is 2.58 bits per heavy atom. The van der Waals surface area contributed by atoms with E-state index in [9.17, 15) is 9.59 Å². The van der Waals surface area contributed by atoms with Crippen molar-refractivity contribution in [3.63, 3.8) is 0 Å². The number of carbonyl (C=O) groups is 2. The minimum Gasteiger partial charge on any atom is -0.481 e. The van der Waals surface area contributed by atoms with Gasteiger partial charge < -0.3 is 15.3 Å². The molecule has 5 heteroatoms. The van der Waals surface area contributed by atoms with Gasteiger partial charge in [-0.25, -0.2) is 4.79 Å². The maximum atomic E-state index is 12.0. The lowest BCUT2D eigenvalue weighted by molar-refractivity contribution is -0.141. The predicted molar refractivity (Wildman–Crippen MR) is 74.1 cm³/mol. The van der Waals surface area contributed by atoms with Crippen molar-refractivity contribution in [2.75, 3.05) is 13.1 Å². The Kier molecular flexibility index (Phi) is 6.67. The molecule has 2 N–H and O–H groups in total. The average Bonchev–Trinajstić information content (AvgIpc) is 3.19. The van der Waals surface area contributed by atoms with Crippen LogP contribution in [0.3, 0.4) is 0 Å². The van der Waals surface area contributed by atoms with Gasteiger partial charge in [-0.1, -0.05) is 20.3 Å². The normalized spacial score (nSPS) is 15.9. The summed E-state index contributed by atoms with van der Waals surface area (Å²) in [4.78, 5) is 24.6. The molecule has 19 heavy (non-hydrogen) atoms. The van der Waals surface area contributed by atoms with Gasteiger partial charge in [0.15, 0.2) is 0 Å². The van der Waals surface area contributed by atoms with Crippen LogP contribution >= 0.6 is 0 Å². The number of rotatable bonds is 9. The molecule has 0 bridgehead atoms. The minimum absolute atomic E-state index is 0.0129. The first-order chi connectivity index (χ1) is 9.06. The maximum absolute atomic E-state index is 12.0. The molecule has 1 rings (SSSR count). The van der Waals surface area contributed by atoms with Crippen molar-refractivity contribution in [1.29, 1.82) is 0 Å². The Balaban J connectivity index is 2.19. The van der Waals surface area contributed by atoms with Gasteiger partial charge in [0, 0.05) is 19.1 Å². The van der Waals surface area contributed by atoms with Crippen molar-refractivity contribution in [3.05, 3.63) is 0 Å². The van der Waals surface area contributed by atoms with Gasteiger partial charge >= 0.3 is 12.0 Å². The number of nitrogens with zero attached hydrogens (tertiary/aromatic N) is 1. The topological polar surface area (TPSA) is 69.6 Å². The van der Waals surface area contributed by atoms with Crippen LogP contribution < -0.4 is 5.32 Å². The molecule has 0 aromatic rings. The average molecular weight is 270 g/mol. The van der Waals surface area contributed by atoms with E-state index in [1.807, 2.05) is 4.90 Å². The number of aliphatic carboxylic acids is 1. The molecule has 0 heterocycles. The Labute approximate surface area is 115 Å². The van der Waals surface area contributed by atoms with Crippen molar-refractivity contribution in [2.45, 2.75) is 58.4 Å². The molecule has 0 aromatic carbocycles. The molecule has 0 spiro atoms. The molecule has 0 aliphatic heterocycles. The molecule has 1 atom stereocenters. The second kappa shape index (κ2) is 8.02. The van der Waals surface area contributed by atoms with Crippen molar-refractivity contribution in [2.24, 2.45) is 5.92 Å². The Morgan fingerprint density at radius 1 is 1.37 bits per heavy atom. The zero-order chi connectivity index (χ0) is 14.3. The Hall–Kier alpha value is -1.26. The van der Waals surface area contributed by atoms with Gasteiger partial charge in [0.05, 0.1) is 5.92 Å². The third-order valence-electron chi connectivity index (χ3n) is 3.51. The molecule has 1 aliphatic carbocycles. The summed E-state index contributed by atoms with van der Waals surface area (Å²) in [6, 6.07) is 0.448. The van der Waals surface area contributed by atoms with Crippen LogP contribution in [0.1, 0.15) is 52.4 Å². The lowest BCUT2D eigenvalue weighted by atomic mass is 10.1. The van der Waals surface area contributed by atoms with E-state index in [-0.39, 0.29) is 11.9 Å². The Morgan fingerprint density at radius 2 is 2.05 bits per heavy atom. The summed E-state index contributed by atoms with van der Waals surface area (Å²) in [5, 5.41) is 11.7. The van der Waals surface area contributed by atoms with Crippen molar-refractivity contribution < 1.29 is 14.7 Å².